The molecule has 0 radical (unpaired) electrons. The minimum absolute atomic E-state index is 0.134. The van der Waals surface area contributed by atoms with Crippen LogP contribution in [0.2, 0.25) is 5.02 Å². The molecular weight excluding hydrogens is 313 g/mol. The summed E-state index contributed by atoms with van der Waals surface area (Å²) in [4.78, 5) is 10.6. The van der Waals surface area contributed by atoms with Crippen LogP contribution in [0.15, 0.2) is 39.8 Å². The van der Waals surface area contributed by atoms with Crippen molar-refractivity contribution in [3.8, 4) is 0 Å². The molecule has 106 valence electrons. The summed E-state index contributed by atoms with van der Waals surface area (Å²) in [6.07, 6.45) is 0. The maximum atomic E-state index is 13.4. The van der Waals surface area contributed by atoms with E-state index in [1.165, 1.54) is 6.07 Å². The third-order valence-corrected chi connectivity index (χ3v) is 3.70. The second-order valence-electron chi connectivity index (χ2n) is 3.65. The third kappa shape index (κ3) is 2.91. The van der Waals surface area contributed by atoms with Gasteiger partial charge in [0.1, 0.15) is 5.82 Å². The van der Waals surface area contributed by atoms with Gasteiger partial charge in [0.15, 0.2) is 0 Å². The van der Waals surface area contributed by atoms with Crippen LogP contribution in [-0.4, -0.2) is 19.5 Å². The highest BCUT2D eigenvalue weighted by Gasteiger charge is 2.22. The van der Waals surface area contributed by atoms with Gasteiger partial charge in [0, 0.05) is 5.02 Å². The number of nitrogens with one attached hydrogen (secondary N) is 1. The number of hydrogen-bond donors (Lipinski definition) is 2. The van der Waals surface area contributed by atoms with E-state index in [4.69, 9.17) is 16.7 Å². The number of rotatable bonds is 4. The molecule has 0 amide bonds. The van der Waals surface area contributed by atoms with E-state index in [-0.39, 0.29) is 10.7 Å². The number of benzene rings is 1. The fourth-order valence-electron chi connectivity index (χ4n) is 1.35. The van der Waals surface area contributed by atoms with Crippen molar-refractivity contribution in [1.82, 2.24) is 0 Å². The van der Waals surface area contributed by atoms with Gasteiger partial charge in [-0.05, 0) is 30.3 Å². The lowest BCUT2D eigenvalue weighted by Gasteiger charge is -2.07. The van der Waals surface area contributed by atoms with E-state index >= 15 is 0 Å². The molecule has 6 nitrogen and oxygen atoms in total. The van der Waals surface area contributed by atoms with Gasteiger partial charge in [-0.25, -0.2) is 9.18 Å². The van der Waals surface area contributed by atoms with Crippen LogP contribution >= 0.6 is 11.6 Å². The van der Waals surface area contributed by atoms with Crippen LogP contribution in [0.1, 0.15) is 10.6 Å². The van der Waals surface area contributed by atoms with E-state index in [2.05, 4.69) is 4.42 Å². The second kappa shape index (κ2) is 5.14. The number of carbonyl (C=O) groups is 1. The van der Waals surface area contributed by atoms with E-state index in [0.717, 1.165) is 24.3 Å². The Labute approximate surface area is 117 Å². The van der Waals surface area contributed by atoms with Crippen molar-refractivity contribution in [3.05, 3.63) is 46.9 Å². The summed E-state index contributed by atoms with van der Waals surface area (Å²) in [7, 11) is -4.24. The van der Waals surface area contributed by atoms with Crippen molar-refractivity contribution in [3.63, 3.8) is 0 Å². The molecule has 0 spiro atoms. The number of sulfonamides is 1. The second-order valence-corrected chi connectivity index (χ2v) is 5.70. The lowest BCUT2D eigenvalue weighted by Crippen LogP contribution is -2.13. The maximum Gasteiger partial charge on any atom is 0.371 e. The molecule has 0 aliphatic heterocycles. The Morgan fingerprint density at radius 3 is 2.60 bits per heavy atom. The standard InChI is InChI=1S/C11H7ClFNO5S/c12-6-1-2-7(13)8(5-6)14-20(17,18)10-4-3-9(19-10)11(15)16/h1-5,14H,(H,15,16). The van der Waals surface area contributed by atoms with Gasteiger partial charge >= 0.3 is 5.97 Å². The van der Waals surface area contributed by atoms with Crippen LogP contribution < -0.4 is 4.72 Å². The lowest BCUT2D eigenvalue weighted by molar-refractivity contribution is 0.0656. The Bertz CT molecular complexity index is 771. The first-order chi connectivity index (χ1) is 9.29. The summed E-state index contributed by atoms with van der Waals surface area (Å²) in [5, 5.41) is 8.14. The molecule has 2 rings (SSSR count). The van der Waals surface area contributed by atoms with E-state index in [1.807, 2.05) is 4.72 Å². The smallest absolute Gasteiger partial charge is 0.371 e. The van der Waals surface area contributed by atoms with Gasteiger partial charge in [0.05, 0.1) is 5.69 Å². The minimum atomic E-state index is -4.24. The van der Waals surface area contributed by atoms with E-state index in [1.54, 1.807) is 0 Å². The van der Waals surface area contributed by atoms with Crippen LogP contribution in [0.3, 0.4) is 0 Å². The molecule has 0 fully saturated rings. The topological polar surface area (TPSA) is 96.6 Å². The highest BCUT2D eigenvalue weighted by Crippen LogP contribution is 2.23. The van der Waals surface area contributed by atoms with Crippen LogP contribution in [0, 0.1) is 5.82 Å². The number of furan rings is 1. The van der Waals surface area contributed by atoms with Crippen molar-refractivity contribution in [2.75, 3.05) is 4.72 Å². The summed E-state index contributed by atoms with van der Waals surface area (Å²) in [5.41, 5.74) is -0.370. The number of aromatic carboxylic acids is 1. The number of halogens is 2. The zero-order valence-electron chi connectivity index (χ0n) is 9.63. The van der Waals surface area contributed by atoms with Gasteiger partial charge < -0.3 is 9.52 Å². The lowest BCUT2D eigenvalue weighted by atomic mass is 10.3. The zero-order valence-corrected chi connectivity index (χ0v) is 11.2. The van der Waals surface area contributed by atoms with Crippen LogP contribution in [0.25, 0.3) is 0 Å². The van der Waals surface area contributed by atoms with Crippen LogP contribution in [-0.2, 0) is 10.0 Å². The molecule has 0 saturated heterocycles. The van der Waals surface area contributed by atoms with Gasteiger partial charge in [0.25, 0.3) is 10.0 Å². The first-order valence-electron chi connectivity index (χ1n) is 5.10. The number of carboxylic acids is 1. The van der Waals surface area contributed by atoms with E-state index in [0.29, 0.717) is 0 Å². The van der Waals surface area contributed by atoms with Crippen molar-refractivity contribution in [2.45, 2.75) is 5.09 Å². The predicted octanol–water partition coefficient (Wildman–Crippen LogP) is 2.57. The number of carboxylic acid groups (broad SMARTS) is 1. The molecule has 9 heteroatoms. The van der Waals surface area contributed by atoms with Crippen LogP contribution in [0.4, 0.5) is 10.1 Å². The highest BCUT2D eigenvalue weighted by molar-refractivity contribution is 7.92. The fourth-order valence-corrected chi connectivity index (χ4v) is 2.52. The predicted molar refractivity (Wildman–Crippen MR) is 67.9 cm³/mol. The molecule has 0 saturated carbocycles. The van der Waals surface area contributed by atoms with Gasteiger partial charge in [-0.15, -0.1) is 0 Å². The molecular formula is C11H7ClFNO5S. The average molecular weight is 320 g/mol. The van der Waals surface area contributed by atoms with Gasteiger partial charge in [-0.1, -0.05) is 11.6 Å². The number of anilines is 1. The molecule has 2 aromatic rings. The van der Waals surface area contributed by atoms with Crippen molar-refractivity contribution >= 4 is 33.3 Å². The largest absolute Gasteiger partial charge is 0.475 e. The van der Waals surface area contributed by atoms with Crippen molar-refractivity contribution in [2.24, 2.45) is 0 Å². The molecule has 2 N–H and O–H groups in total. The molecule has 0 bridgehead atoms. The summed E-state index contributed by atoms with van der Waals surface area (Å²) >= 11 is 5.63. The normalized spacial score (nSPS) is 11.3. The van der Waals surface area contributed by atoms with Crippen molar-refractivity contribution in [1.29, 1.82) is 0 Å². The number of hydrogen-bond acceptors (Lipinski definition) is 4. The zero-order chi connectivity index (χ0) is 14.9. The third-order valence-electron chi connectivity index (χ3n) is 2.23. The van der Waals surface area contributed by atoms with E-state index in [9.17, 15) is 17.6 Å². The van der Waals surface area contributed by atoms with Crippen LogP contribution in [0.5, 0.6) is 0 Å². The SMILES string of the molecule is O=C(O)c1ccc(S(=O)(=O)Nc2cc(Cl)ccc2F)o1. The molecule has 0 aliphatic carbocycles. The Hall–Kier alpha value is -2.06. The quantitative estimate of drug-likeness (QED) is 0.902. The first-order valence-corrected chi connectivity index (χ1v) is 6.97. The average Bonchev–Trinajstić information content (AvgIpc) is 2.84. The Morgan fingerprint density at radius 1 is 1.30 bits per heavy atom. The summed E-state index contributed by atoms with van der Waals surface area (Å²) in [6.45, 7) is 0. The molecule has 1 aromatic heterocycles. The van der Waals surface area contributed by atoms with Gasteiger partial charge in [-0.3, -0.25) is 4.72 Å². The molecule has 20 heavy (non-hydrogen) atoms. The fraction of sp³-hybridized carbons (Fsp3) is 0. The Morgan fingerprint density at radius 2 is 2.00 bits per heavy atom. The molecule has 1 aromatic carbocycles. The molecule has 0 unspecified atom stereocenters. The molecule has 0 aliphatic rings. The highest BCUT2D eigenvalue weighted by atomic mass is 35.5. The maximum absolute atomic E-state index is 13.4. The summed E-state index contributed by atoms with van der Waals surface area (Å²) < 4.78 is 43.8. The van der Waals surface area contributed by atoms with Gasteiger partial charge in [0.2, 0.25) is 10.9 Å². The molecule has 1 heterocycles. The molecule has 0 atom stereocenters. The monoisotopic (exact) mass is 319 g/mol. The van der Waals surface area contributed by atoms with E-state index < -0.39 is 32.7 Å². The van der Waals surface area contributed by atoms with Crippen molar-refractivity contribution < 1.29 is 27.1 Å². The van der Waals surface area contributed by atoms with Gasteiger partial charge in [-0.2, -0.15) is 8.42 Å². The minimum Gasteiger partial charge on any atom is -0.475 e. The summed E-state index contributed by atoms with van der Waals surface area (Å²) in [5.74, 6) is -2.79. The Balaban J connectivity index is 2.35. The Kier molecular flexibility index (Phi) is 3.69. The first kappa shape index (κ1) is 14.4. The summed E-state index contributed by atoms with van der Waals surface area (Å²) in [6, 6.07) is 5.25.